The lowest BCUT2D eigenvalue weighted by molar-refractivity contribution is -0.143. The van der Waals surface area contributed by atoms with E-state index in [0.717, 1.165) is 28.6 Å². The Hall–Kier alpha value is -3.06. The molecule has 3 aromatic rings. The fourth-order valence-electron chi connectivity index (χ4n) is 4.46. The Morgan fingerprint density at radius 2 is 2.03 bits per heavy atom. The third-order valence-electron chi connectivity index (χ3n) is 6.12. The van der Waals surface area contributed by atoms with Gasteiger partial charge in [0.15, 0.2) is 6.61 Å². The predicted octanol–water partition coefficient (Wildman–Crippen LogP) is 4.39. The monoisotopic (exact) mass is 472 g/mol. The molecule has 4 rings (SSSR count). The first-order valence-corrected chi connectivity index (χ1v) is 11.3. The summed E-state index contributed by atoms with van der Waals surface area (Å²) in [5, 5.41) is 1.22. The Balaban J connectivity index is 1.54. The first-order valence-electron chi connectivity index (χ1n) is 11.0. The molecule has 2 aromatic carbocycles. The Morgan fingerprint density at radius 3 is 2.79 bits per heavy atom. The molecule has 8 heteroatoms. The molecule has 0 N–H and O–H groups in total. The number of amides is 1. The number of ether oxygens (including phenoxy) is 2. The van der Waals surface area contributed by atoms with Gasteiger partial charge < -0.3 is 18.9 Å². The van der Waals surface area contributed by atoms with Gasteiger partial charge in [0.05, 0.1) is 11.6 Å². The summed E-state index contributed by atoms with van der Waals surface area (Å²) in [6.45, 7) is 2.03. The van der Waals surface area contributed by atoms with Crippen LogP contribution >= 0.6 is 11.6 Å². The van der Waals surface area contributed by atoms with Crippen LogP contribution in [0.2, 0.25) is 5.02 Å². The molecule has 1 aliphatic carbocycles. The number of benzene rings is 2. The highest BCUT2D eigenvalue weighted by Gasteiger charge is 2.30. The van der Waals surface area contributed by atoms with Crippen LogP contribution in [0.25, 0.3) is 10.9 Å². The number of para-hydroxylation sites is 1. The van der Waals surface area contributed by atoms with Crippen LogP contribution in [0.3, 0.4) is 0 Å². The number of likely N-dealkylation sites (N-methyl/N-ethyl adjacent to an activating group) is 1. The van der Waals surface area contributed by atoms with Crippen LogP contribution in [-0.4, -0.2) is 47.6 Å². The van der Waals surface area contributed by atoms with Crippen molar-refractivity contribution in [2.75, 3.05) is 20.3 Å². The normalized spacial score (nSPS) is 15.2. The summed E-state index contributed by atoms with van der Waals surface area (Å²) in [6.07, 6.45) is 1.96. The van der Waals surface area contributed by atoms with Gasteiger partial charge in [-0.1, -0.05) is 23.7 Å². The Morgan fingerprint density at radius 1 is 1.24 bits per heavy atom. The van der Waals surface area contributed by atoms with Crippen molar-refractivity contribution in [2.45, 2.75) is 38.8 Å². The standard InChI is InChI=1S/C25H26ClFN2O4/c1-3-32-25(31)14-29-21-10-8-16(27)12-18(21)19-13-17(9-11-22(19)29)28(2)24(30)15-33-23-7-5-4-6-20(23)26/h4-8,10,12,17H,3,9,11,13-15H2,1-2H3/t17-/m0/s1. The van der Waals surface area contributed by atoms with Gasteiger partial charge in [0.2, 0.25) is 0 Å². The minimum absolute atomic E-state index is 0.0650. The molecule has 1 amide bonds. The molecule has 1 aliphatic rings. The van der Waals surface area contributed by atoms with Gasteiger partial charge in [-0.2, -0.15) is 0 Å². The maximum absolute atomic E-state index is 14.1. The van der Waals surface area contributed by atoms with Gasteiger partial charge in [-0.3, -0.25) is 9.59 Å². The van der Waals surface area contributed by atoms with Gasteiger partial charge in [0.1, 0.15) is 18.1 Å². The smallest absolute Gasteiger partial charge is 0.325 e. The number of halogens is 2. The summed E-state index contributed by atoms with van der Waals surface area (Å²) >= 11 is 6.10. The van der Waals surface area contributed by atoms with Gasteiger partial charge in [0.25, 0.3) is 5.91 Å². The van der Waals surface area contributed by atoms with Crippen LogP contribution in [-0.2, 0) is 33.7 Å². The van der Waals surface area contributed by atoms with Crippen LogP contribution < -0.4 is 4.74 Å². The predicted molar refractivity (Wildman–Crippen MR) is 124 cm³/mol. The SMILES string of the molecule is CCOC(=O)Cn1c2c(c3cc(F)ccc31)C[C@@H](N(C)C(=O)COc1ccccc1Cl)CC2. The van der Waals surface area contributed by atoms with Crippen molar-refractivity contribution in [3.8, 4) is 5.75 Å². The molecule has 0 radical (unpaired) electrons. The van der Waals surface area contributed by atoms with E-state index in [0.29, 0.717) is 30.2 Å². The zero-order valence-electron chi connectivity index (χ0n) is 18.6. The van der Waals surface area contributed by atoms with E-state index in [-0.39, 0.29) is 36.9 Å². The van der Waals surface area contributed by atoms with Crippen molar-refractivity contribution >= 4 is 34.4 Å². The topological polar surface area (TPSA) is 60.8 Å². The first-order chi connectivity index (χ1) is 15.9. The van der Waals surface area contributed by atoms with Gasteiger partial charge >= 0.3 is 5.97 Å². The quantitative estimate of drug-likeness (QED) is 0.478. The average molecular weight is 473 g/mol. The second kappa shape index (κ2) is 9.83. The Kier molecular flexibility index (Phi) is 6.88. The van der Waals surface area contributed by atoms with Crippen molar-refractivity contribution in [1.82, 2.24) is 9.47 Å². The van der Waals surface area contributed by atoms with Crippen LogP contribution in [0.1, 0.15) is 24.6 Å². The van der Waals surface area contributed by atoms with E-state index < -0.39 is 0 Å². The van der Waals surface area contributed by atoms with Crippen molar-refractivity contribution in [3.63, 3.8) is 0 Å². The number of carbonyl (C=O) groups is 2. The Bertz CT molecular complexity index is 1190. The zero-order valence-corrected chi connectivity index (χ0v) is 19.4. The van der Waals surface area contributed by atoms with Crippen LogP contribution in [0, 0.1) is 5.82 Å². The second-order valence-corrected chi connectivity index (χ2v) is 8.51. The summed E-state index contributed by atoms with van der Waals surface area (Å²) in [5.74, 6) is -0.361. The van der Waals surface area contributed by atoms with Crippen molar-refractivity contribution in [2.24, 2.45) is 0 Å². The summed E-state index contributed by atoms with van der Waals surface area (Å²) in [6, 6.07) is 11.5. The third kappa shape index (κ3) is 4.83. The molecule has 0 unspecified atom stereocenters. The van der Waals surface area contributed by atoms with Crippen molar-refractivity contribution in [3.05, 3.63) is 64.6 Å². The number of esters is 1. The molecule has 0 bridgehead atoms. The molecular weight excluding hydrogens is 447 g/mol. The van der Waals surface area contributed by atoms with Gasteiger partial charge in [-0.15, -0.1) is 0 Å². The highest BCUT2D eigenvalue weighted by Crippen LogP contribution is 2.34. The molecular formula is C25H26ClFN2O4. The molecule has 0 saturated heterocycles. The van der Waals surface area contributed by atoms with E-state index in [1.165, 1.54) is 12.1 Å². The largest absolute Gasteiger partial charge is 0.482 e. The van der Waals surface area contributed by atoms with E-state index in [1.54, 1.807) is 49.2 Å². The van der Waals surface area contributed by atoms with Crippen LogP contribution in [0.5, 0.6) is 5.75 Å². The minimum atomic E-state index is -0.335. The summed E-state index contributed by atoms with van der Waals surface area (Å²) in [4.78, 5) is 26.7. The fraction of sp³-hybridized carbons (Fsp3) is 0.360. The van der Waals surface area contributed by atoms with Crippen LogP contribution in [0.15, 0.2) is 42.5 Å². The molecule has 0 fully saturated rings. The summed E-state index contributed by atoms with van der Waals surface area (Å²) in [5.41, 5.74) is 2.76. The molecule has 33 heavy (non-hydrogen) atoms. The van der Waals surface area contributed by atoms with E-state index in [2.05, 4.69) is 0 Å². The van der Waals surface area contributed by atoms with E-state index in [1.807, 2.05) is 4.57 Å². The number of fused-ring (bicyclic) bond motifs is 3. The summed E-state index contributed by atoms with van der Waals surface area (Å²) in [7, 11) is 1.76. The lowest BCUT2D eigenvalue weighted by Crippen LogP contribution is -2.43. The third-order valence-corrected chi connectivity index (χ3v) is 6.44. The molecule has 6 nitrogen and oxygen atoms in total. The van der Waals surface area contributed by atoms with Gasteiger partial charge in [-0.05, 0) is 62.1 Å². The highest BCUT2D eigenvalue weighted by atomic mass is 35.5. The lowest BCUT2D eigenvalue weighted by Gasteiger charge is -2.32. The molecule has 0 saturated carbocycles. The zero-order chi connectivity index (χ0) is 23.5. The van der Waals surface area contributed by atoms with Gasteiger partial charge in [-0.25, -0.2) is 4.39 Å². The lowest BCUT2D eigenvalue weighted by atomic mass is 9.90. The molecule has 0 aliphatic heterocycles. The minimum Gasteiger partial charge on any atom is -0.482 e. The van der Waals surface area contributed by atoms with Crippen LogP contribution in [0.4, 0.5) is 4.39 Å². The maximum atomic E-state index is 14.1. The number of aromatic nitrogens is 1. The van der Waals surface area contributed by atoms with Crippen molar-refractivity contribution < 1.29 is 23.5 Å². The number of nitrogens with zero attached hydrogens (tertiary/aromatic N) is 2. The molecule has 1 atom stereocenters. The van der Waals surface area contributed by atoms with Gasteiger partial charge in [0, 0.05) is 29.7 Å². The van der Waals surface area contributed by atoms with E-state index in [4.69, 9.17) is 21.1 Å². The highest BCUT2D eigenvalue weighted by molar-refractivity contribution is 6.32. The van der Waals surface area contributed by atoms with Crippen molar-refractivity contribution in [1.29, 1.82) is 0 Å². The first kappa shape index (κ1) is 23.1. The van der Waals surface area contributed by atoms with E-state index >= 15 is 0 Å². The summed E-state index contributed by atoms with van der Waals surface area (Å²) < 4.78 is 26.7. The van der Waals surface area contributed by atoms with E-state index in [9.17, 15) is 14.0 Å². The average Bonchev–Trinajstić information content (AvgIpc) is 3.10. The molecule has 1 heterocycles. The fourth-order valence-corrected chi connectivity index (χ4v) is 4.65. The second-order valence-electron chi connectivity index (χ2n) is 8.10. The number of carbonyl (C=O) groups excluding carboxylic acids is 2. The maximum Gasteiger partial charge on any atom is 0.325 e. The molecule has 1 aromatic heterocycles. The number of hydrogen-bond donors (Lipinski definition) is 0. The molecule has 0 spiro atoms. The molecule has 174 valence electrons. The Labute approximate surface area is 196 Å². The number of hydrogen-bond acceptors (Lipinski definition) is 4. The number of rotatable bonds is 7.